The fourth-order valence-electron chi connectivity index (χ4n) is 1.63. The van der Waals surface area contributed by atoms with Gasteiger partial charge in [0.25, 0.3) is 0 Å². The van der Waals surface area contributed by atoms with E-state index >= 15 is 0 Å². The summed E-state index contributed by atoms with van der Waals surface area (Å²) in [7, 11) is 1.86. The van der Waals surface area contributed by atoms with Crippen LogP contribution in [0.25, 0.3) is 0 Å². The highest BCUT2D eigenvalue weighted by atomic mass is 35.5. The summed E-state index contributed by atoms with van der Waals surface area (Å²) < 4.78 is 0.802. The van der Waals surface area contributed by atoms with Gasteiger partial charge in [0, 0.05) is 23.4 Å². The summed E-state index contributed by atoms with van der Waals surface area (Å²) in [5.74, 6) is 2.45. The molecule has 0 saturated heterocycles. The van der Waals surface area contributed by atoms with Crippen molar-refractivity contribution < 1.29 is 0 Å². The molecular formula is C14H19ClN4S. The zero-order chi connectivity index (χ0) is 14.8. The summed E-state index contributed by atoms with van der Waals surface area (Å²) >= 11 is 7.50. The highest BCUT2D eigenvalue weighted by Crippen LogP contribution is 2.24. The summed E-state index contributed by atoms with van der Waals surface area (Å²) in [5, 5.41) is 6.39. The first-order chi connectivity index (χ1) is 9.38. The van der Waals surface area contributed by atoms with E-state index in [1.165, 1.54) is 4.88 Å². The zero-order valence-electron chi connectivity index (χ0n) is 12.1. The van der Waals surface area contributed by atoms with Crippen LogP contribution in [0.5, 0.6) is 0 Å². The van der Waals surface area contributed by atoms with Gasteiger partial charge in [0.2, 0.25) is 0 Å². The molecule has 0 radical (unpaired) electrons. The number of rotatable bonds is 4. The fraction of sp³-hybridized carbons (Fsp3) is 0.429. The van der Waals surface area contributed by atoms with E-state index in [1.807, 2.05) is 25.2 Å². The lowest BCUT2D eigenvalue weighted by Gasteiger charge is -2.18. The van der Waals surface area contributed by atoms with Crippen LogP contribution in [0, 0.1) is 0 Å². The first kappa shape index (κ1) is 15.1. The predicted octanol–water partition coefficient (Wildman–Crippen LogP) is 4.14. The third-order valence-corrected chi connectivity index (χ3v) is 3.96. The second kappa shape index (κ2) is 5.97. The molecule has 2 aromatic heterocycles. The molecule has 108 valence electrons. The van der Waals surface area contributed by atoms with E-state index in [9.17, 15) is 0 Å². The van der Waals surface area contributed by atoms with Crippen LogP contribution in [-0.4, -0.2) is 17.0 Å². The van der Waals surface area contributed by atoms with Crippen molar-refractivity contribution in [2.24, 2.45) is 0 Å². The van der Waals surface area contributed by atoms with E-state index in [0.717, 1.165) is 21.8 Å². The minimum Gasteiger partial charge on any atom is -0.373 e. The maximum atomic E-state index is 5.93. The van der Waals surface area contributed by atoms with E-state index in [1.54, 1.807) is 11.3 Å². The van der Waals surface area contributed by atoms with Gasteiger partial charge in [-0.15, -0.1) is 11.3 Å². The van der Waals surface area contributed by atoms with E-state index in [4.69, 9.17) is 11.6 Å². The second-order valence-electron chi connectivity index (χ2n) is 5.52. The maximum absolute atomic E-state index is 5.93. The molecular weight excluding hydrogens is 292 g/mol. The lowest BCUT2D eigenvalue weighted by molar-refractivity contribution is 0.546. The Balaban J connectivity index is 2.18. The molecule has 0 aliphatic carbocycles. The van der Waals surface area contributed by atoms with Gasteiger partial charge in [0.05, 0.1) is 10.9 Å². The Hall–Kier alpha value is -1.33. The van der Waals surface area contributed by atoms with Crippen molar-refractivity contribution in [3.05, 3.63) is 33.2 Å². The quantitative estimate of drug-likeness (QED) is 0.891. The molecule has 0 saturated carbocycles. The highest BCUT2D eigenvalue weighted by molar-refractivity contribution is 7.16. The number of anilines is 2. The standard InChI is InChI=1S/C14H19ClN4S/c1-14(2,3)13-18-11(16-4)7-12(19-13)17-8-9-5-6-10(15)20-9/h5-7H,8H2,1-4H3,(H2,16,17,18,19). The van der Waals surface area contributed by atoms with Gasteiger partial charge in [-0.25, -0.2) is 9.97 Å². The minimum absolute atomic E-state index is 0.0878. The monoisotopic (exact) mass is 310 g/mol. The summed E-state index contributed by atoms with van der Waals surface area (Å²) in [5.41, 5.74) is -0.0878. The van der Waals surface area contributed by atoms with Crippen LogP contribution in [0.15, 0.2) is 18.2 Å². The molecule has 0 spiro atoms. The van der Waals surface area contributed by atoms with Crippen molar-refractivity contribution in [3.8, 4) is 0 Å². The third-order valence-electron chi connectivity index (χ3n) is 2.73. The molecule has 0 fully saturated rings. The lowest BCUT2D eigenvalue weighted by Crippen LogP contribution is -2.18. The summed E-state index contributed by atoms with van der Waals surface area (Å²) in [4.78, 5) is 10.3. The van der Waals surface area contributed by atoms with E-state index in [-0.39, 0.29) is 5.41 Å². The number of aromatic nitrogens is 2. The maximum Gasteiger partial charge on any atom is 0.138 e. The number of nitrogens with zero attached hydrogens (tertiary/aromatic N) is 2. The average molecular weight is 311 g/mol. The normalized spacial score (nSPS) is 11.4. The van der Waals surface area contributed by atoms with Crippen LogP contribution in [-0.2, 0) is 12.0 Å². The molecule has 2 aromatic rings. The Kier molecular flexibility index (Phi) is 4.50. The molecule has 0 aromatic carbocycles. The lowest BCUT2D eigenvalue weighted by atomic mass is 9.96. The van der Waals surface area contributed by atoms with Crippen LogP contribution >= 0.6 is 22.9 Å². The van der Waals surface area contributed by atoms with Crippen LogP contribution in [0.4, 0.5) is 11.6 Å². The summed E-state index contributed by atoms with van der Waals surface area (Å²) in [6.07, 6.45) is 0. The molecule has 0 aliphatic heterocycles. The number of hydrogen-bond acceptors (Lipinski definition) is 5. The molecule has 0 unspecified atom stereocenters. The smallest absolute Gasteiger partial charge is 0.138 e. The van der Waals surface area contributed by atoms with Gasteiger partial charge in [0.15, 0.2) is 0 Å². The molecule has 6 heteroatoms. The molecule has 0 amide bonds. The fourth-order valence-corrected chi connectivity index (χ4v) is 2.65. The SMILES string of the molecule is CNc1cc(NCc2ccc(Cl)s2)nc(C(C)(C)C)n1. The van der Waals surface area contributed by atoms with Gasteiger partial charge < -0.3 is 10.6 Å². The van der Waals surface area contributed by atoms with Crippen LogP contribution in [0.1, 0.15) is 31.5 Å². The van der Waals surface area contributed by atoms with Crippen molar-refractivity contribution in [3.63, 3.8) is 0 Å². The van der Waals surface area contributed by atoms with Crippen LogP contribution in [0.2, 0.25) is 4.34 Å². The van der Waals surface area contributed by atoms with Gasteiger partial charge in [-0.3, -0.25) is 0 Å². The van der Waals surface area contributed by atoms with E-state index in [2.05, 4.69) is 41.4 Å². The molecule has 20 heavy (non-hydrogen) atoms. The van der Waals surface area contributed by atoms with Crippen LogP contribution < -0.4 is 10.6 Å². The van der Waals surface area contributed by atoms with Gasteiger partial charge in [-0.1, -0.05) is 32.4 Å². The zero-order valence-corrected chi connectivity index (χ0v) is 13.7. The number of nitrogens with one attached hydrogen (secondary N) is 2. The Morgan fingerprint density at radius 1 is 1.20 bits per heavy atom. The third kappa shape index (κ3) is 3.84. The Bertz CT molecular complexity index is 589. The molecule has 0 atom stereocenters. The van der Waals surface area contributed by atoms with Gasteiger partial charge >= 0.3 is 0 Å². The number of hydrogen-bond donors (Lipinski definition) is 2. The average Bonchev–Trinajstić information content (AvgIpc) is 2.81. The first-order valence-corrected chi connectivity index (χ1v) is 7.63. The van der Waals surface area contributed by atoms with Gasteiger partial charge in [-0.2, -0.15) is 0 Å². The van der Waals surface area contributed by atoms with Crippen molar-refractivity contribution >= 4 is 34.6 Å². The molecule has 0 aliphatic rings. The second-order valence-corrected chi connectivity index (χ2v) is 7.32. The minimum atomic E-state index is -0.0878. The van der Waals surface area contributed by atoms with Gasteiger partial charge in [-0.05, 0) is 12.1 Å². The molecule has 2 rings (SSSR count). The van der Waals surface area contributed by atoms with E-state index < -0.39 is 0 Å². The van der Waals surface area contributed by atoms with Crippen molar-refractivity contribution in [1.82, 2.24) is 9.97 Å². The van der Waals surface area contributed by atoms with Crippen LogP contribution in [0.3, 0.4) is 0 Å². The molecule has 2 N–H and O–H groups in total. The van der Waals surface area contributed by atoms with Crippen molar-refractivity contribution in [1.29, 1.82) is 0 Å². The largest absolute Gasteiger partial charge is 0.373 e. The topological polar surface area (TPSA) is 49.8 Å². The molecule has 0 bridgehead atoms. The Labute approximate surface area is 128 Å². The van der Waals surface area contributed by atoms with E-state index in [0.29, 0.717) is 6.54 Å². The first-order valence-electron chi connectivity index (χ1n) is 6.44. The number of halogens is 1. The molecule has 2 heterocycles. The summed E-state index contributed by atoms with van der Waals surface area (Å²) in [6, 6.07) is 5.83. The van der Waals surface area contributed by atoms with Crippen molar-refractivity contribution in [2.75, 3.05) is 17.7 Å². The van der Waals surface area contributed by atoms with Crippen molar-refractivity contribution in [2.45, 2.75) is 32.7 Å². The summed E-state index contributed by atoms with van der Waals surface area (Å²) in [6.45, 7) is 7.01. The Morgan fingerprint density at radius 2 is 1.90 bits per heavy atom. The Morgan fingerprint density at radius 3 is 2.45 bits per heavy atom. The van der Waals surface area contributed by atoms with Gasteiger partial charge in [0.1, 0.15) is 17.5 Å². The molecule has 4 nitrogen and oxygen atoms in total. The highest BCUT2D eigenvalue weighted by Gasteiger charge is 2.19. The predicted molar refractivity (Wildman–Crippen MR) is 86.9 cm³/mol. The number of thiophene rings is 1.